The first kappa shape index (κ1) is 21.8. The Bertz CT molecular complexity index is 1160. The van der Waals surface area contributed by atoms with Gasteiger partial charge in [0.05, 0.1) is 24.4 Å². The van der Waals surface area contributed by atoms with Crippen molar-refractivity contribution in [3.8, 4) is 5.75 Å². The number of nitrogens with two attached hydrogens (primary N) is 1. The number of rotatable bonds is 5. The second-order valence-corrected chi connectivity index (χ2v) is 7.50. The van der Waals surface area contributed by atoms with Gasteiger partial charge in [-0.3, -0.25) is 19.6 Å². The smallest absolute Gasteiger partial charge is 0.276 e. The van der Waals surface area contributed by atoms with Gasteiger partial charge in [-0.15, -0.1) is 0 Å². The highest BCUT2D eigenvalue weighted by Gasteiger charge is 2.22. The molecular formula is C21H25FN6O4. The number of benzene rings is 1. The van der Waals surface area contributed by atoms with Crippen LogP contribution in [0, 0.1) is 6.92 Å². The van der Waals surface area contributed by atoms with Gasteiger partial charge in [-0.25, -0.2) is 9.37 Å². The molecule has 11 heteroatoms. The second-order valence-electron chi connectivity index (χ2n) is 7.50. The molecule has 2 aromatic heterocycles. The van der Waals surface area contributed by atoms with E-state index in [1.165, 1.54) is 4.68 Å². The SMILES string of the molecule is Cc1cc(C(=O)Nc2nc3cc(C(N)=O)cc4c3n2CCCOCCCO4)n(CCF)n1. The van der Waals surface area contributed by atoms with Gasteiger partial charge >= 0.3 is 0 Å². The maximum Gasteiger partial charge on any atom is 0.276 e. The highest BCUT2D eigenvalue weighted by molar-refractivity contribution is 6.04. The van der Waals surface area contributed by atoms with Crippen LogP contribution < -0.4 is 15.8 Å². The van der Waals surface area contributed by atoms with Crippen LogP contribution in [0.2, 0.25) is 0 Å². The lowest BCUT2D eigenvalue weighted by Crippen LogP contribution is -2.21. The standard InChI is InChI=1S/C21H25FN6O4/c1-13-10-16(28(26-13)6-4-22)20(30)25-21-24-15-11-14(19(23)29)12-17-18(15)27(21)5-2-7-31-8-3-9-32-17/h10-12H,2-9H2,1H3,(H2,23,29)(H,24,25,30). The summed E-state index contributed by atoms with van der Waals surface area (Å²) in [5.41, 5.74) is 7.71. The van der Waals surface area contributed by atoms with Crippen molar-refractivity contribution in [2.75, 3.05) is 31.8 Å². The van der Waals surface area contributed by atoms with E-state index in [2.05, 4.69) is 15.4 Å². The molecule has 0 spiro atoms. The zero-order chi connectivity index (χ0) is 22.7. The number of anilines is 1. The van der Waals surface area contributed by atoms with Gasteiger partial charge in [-0.1, -0.05) is 0 Å². The molecule has 1 aromatic carbocycles. The van der Waals surface area contributed by atoms with Gasteiger partial charge in [0.15, 0.2) is 0 Å². The van der Waals surface area contributed by atoms with Crippen LogP contribution >= 0.6 is 0 Å². The van der Waals surface area contributed by atoms with Gasteiger partial charge in [-0.2, -0.15) is 5.10 Å². The Labute approximate surface area is 183 Å². The van der Waals surface area contributed by atoms with Crippen LogP contribution in [0.4, 0.5) is 10.3 Å². The Hall–Kier alpha value is -3.47. The number of ether oxygens (including phenoxy) is 2. The number of aromatic nitrogens is 4. The molecule has 32 heavy (non-hydrogen) atoms. The van der Waals surface area contributed by atoms with Crippen molar-refractivity contribution < 1.29 is 23.5 Å². The summed E-state index contributed by atoms with van der Waals surface area (Å²) in [6, 6.07) is 4.76. The topological polar surface area (TPSA) is 126 Å². The average Bonchev–Trinajstić information content (AvgIpc) is 3.27. The number of primary amides is 1. The number of hydrogen-bond donors (Lipinski definition) is 2. The van der Waals surface area contributed by atoms with E-state index in [0.717, 1.165) is 0 Å². The van der Waals surface area contributed by atoms with Gasteiger partial charge in [0.25, 0.3) is 5.91 Å². The predicted molar refractivity (Wildman–Crippen MR) is 115 cm³/mol. The summed E-state index contributed by atoms with van der Waals surface area (Å²) in [4.78, 5) is 29.4. The minimum absolute atomic E-state index is 0.0235. The number of amides is 2. The lowest BCUT2D eigenvalue weighted by Gasteiger charge is -2.13. The fourth-order valence-corrected chi connectivity index (χ4v) is 3.71. The molecule has 0 radical (unpaired) electrons. The molecule has 0 fully saturated rings. The number of hydrogen-bond acceptors (Lipinski definition) is 6. The Kier molecular flexibility index (Phi) is 6.35. The molecule has 0 unspecified atom stereocenters. The molecule has 3 N–H and O–H groups in total. The lowest BCUT2D eigenvalue weighted by atomic mass is 10.1. The third kappa shape index (κ3) is 4.42. The van der Waals surface area contributed by atoms with Crippen LogP contribution in [0.15, 0.2) is 18.2 Å². The van der Waals surface area contributed by atoms with Crippen molar-refractivity contribution in [1.29, 1.82) is 0 Å². The molecule has 0 saturated carbocycles. The minimum atomic E-state index is -0.642. The molecule has 1 aliphatic rings. The van der Waals surface area contributed by atoms with Crippen LogP contribution in [0.5, 0.6) is 5.75 Å². The number of carbonyl (C=O) groups excluding carboxylic acids is 2. The molecular weight excluding hydrogens is 419 g/mol. The molecule has 4 rings (SSSR count). The summed E-state index contributed by atoms with van der Waals surface area (Å²) >= 11 is 0. The molecule has 170 valence electrons. The van der Waals surface area contributed by atoms with Crippen LogP contribution in [-0.4, -0.2) is 57.6 Å². The minimum Gasteiger partial charge on any atom is -0.491 e. The van der Waals surface area contributed by atoms with E-state index in [1.54, 1.807) is 25.1 Å². The van der Waals surface area contributed by atoms with Crippen molar-refractivity contribution in [1.82, 2.24) is 19.3 Å². The summed E-state index contributed by atoms with van der Waals surface area (Å²) < 4.78 is 27.6. The van der Waals surface area contributed by atoms with Crippen molar-refractivity contribution in [3.63, 3.8) is 0 Å². The number of carbonyl (C=O) groups is 2. The van der Waals surface area contributed by atoms with E-state index in [4.69, 9.17) is 15.2 Å². The highest BCUT2D eigenvalue weighted by atomic mass is 19.1. The Morgan fingerprint density at radius 2 is 2.03 bits per heavy atom. The predicted octanol–water partition coefficient (Wildman–Crippen LogP) is 2.05. The van der Waals surface area contributed by atoms with Gasteiger partial charge in [0.2, 0.25) is 11.9 Å². The Morgan fingerprint density at radius 1 is 1.22 bits per heavy atom. The second kappa shape index (κ2) is 9.35. The highest BCUT2D eigenvalue weighted by Crippen LogP contribution is 2.31. The van der Waals surface area contributed by atoms with Crippen molar-refractivity contribution in [3.05, 3.63) is 35.2 Å². The van der Waals surface area contributed by atoms with Crippen LogP contribution in [0.1, 0.15) is 39.4 Å². The zero-order valence-electron chi connectivity index (χ0n) is 17.8. The maximum atomic E-state index is 13.0. The molecule has 10 nitrogen and oxygen atoms in total. The molecule has 0 atom stereocenters. The van der Waals surface area contributed by atoms with Gasteiger partial charge < -0.3 is 19.8 Å². The number of halogens is 1. The van der Waals surface area contributed by atoms with Gasteiger partial charge in [0.1, 0.15) is 23.6 Å². The lowest BCUT2D eigenvalue weighted by molar-refractivity contribution is 0.0994. The monoisotopic (exact) mass is 444 g/mol. The van der Waals surface area contributed by atoms with E-state index in [-0.39, 0.29) is 23.8 Å². The van der Waals surface area contributed by atoms with E-state index >= 15 is 0 Å². The van der Waals surface area contributed by atoms with E-state index in [9.17, 15) is 14.0 Å². The summed E-state index contributed by atoms with van der Waals surface area (Å²) in [6.07, 6.45) is 1.38. The van der Waals surface area contributed by atoms with Gasteiger partial charge in [0, 0.05) is 31.7 Å². The third-order valence-electron chi connectivity index (χ3n) is 5.11. The van der Waals surface area contributed by atoms with E-state index in [1.807, 2.05) is 4.57 Å². The quantitative estimate of drug-likeness (QED) is 0.620. The maximum absolute atomic E-state index is 13.0. The zero-order valence-corrected chi connectivity index (χ0v) is 17.8. The summed E-state index contributed by atoms with van der Waals surface area (Å²) in [6.45, 7) is 3.07. The number of alkyl halides is 1. The van der Waals surface area contributed by atoms with E-state index in [0.29, 0.717) is 61.7 Å². The molecule has 3 heterocycles. The Morgan fingerprint density at radius 3 is 2.81 bits per heavy atom. The number of nitrogens with zero attached hydrogens (tertiary/aromatic N) is 4. The summed E-state index contributed by atoms with van der Waals surface area (Å²) in [5, 5.41) is 6.97. The molecule has 1 aliphatic heterocycles. The number of nitrogens with one attached hydrogen (secondary N) is 1. The first-order valence-electron chi connectivity index (χ1n) is 10.4. The van der Waals surface area contributed by atoms with Crippen LogP contribution in [0.25, 0.3) is 11.0 Å². The average molecular weight is 444 g/mol. The molecule has 2 amide bonds. The molecule has 0 aliphatic carbocycles. The summed E-state index contributed by atoms with van der Waals surface area (Å²) in [7, 11) is 0. The fraction of sp³-hybridized carbons (Fsp3) is 0.429. The first-order chi connectivity index (χ1) is 15.5. The fourth-order valence-electron chi connectivity index (χ4n) is 3.71. The third-order valence-corrected chi connectivity index (χ3v) is 5.11. The van der Waals surface area contributed by atoms with Crippen LogP contribution in [0.3, 0.4) is 0 Å². The largest absolute Gasteiger partial charge is 0.491 e. The molecule has 0 saturated heterocycles. The first-order valence-corrected chi connectivity index (χ1v) is 10.4. The van der Waals surface area contributed by atoms with Crippen LogP contribution in [-0.2, 0) is 17.8 Å². The van der Waals surface area contributed by atoms with Crippen molar-refractivity contribution in [2.24, 2.45) is 5.73 Å². The van der Waals surface area contributed by atoms with Gasteiger partial charge in [-0.05, 0) is 31.5 Å². The summed E-state index contributed by atoms with van der Waals surface area (Å²) in [5.74, 6) is -0.324. The van der Waals surface area contributed by atoms with Crippen molar-refractivity contribution in [2.45, 2.75) is 32.9 Å². The van der Waals surface area contributed by atoms with Crippen molar-refractivity contribution >= 4 is 28.8 Å². The number of imidazole rings is 1. The number of aryl methyl sites for hydroxylation is 3. The molecule has 3 aromatic rings. The van der Waals surface area contributed by atoms with E-state index < -0.39 is 18.5 Å². The Balaban J connectivity index is 1.77. The molecule has 0 bridgehead atoms. The normalized spacial score (nSPS) is 14.6.